The van der Waals surface area contributed by atoms with Gasteiger partial charge in [-0.1, -0.05) is 11.6 Å². The second-order valence-electron chi connectivity index (χ2n) is 3.34. The second-order valence-corrected chi connectivity index (χ2v) is 4.07. The predicted octanol–water partition coefficient (Wildman–Crippen LogP) is 2.13. The monoisotopic (exact) mass is 283 g/mol. The van der Waals surface area contributed by atoms with Crippen LogP contribution in [-0.4, -0.2) is 25.8 Å². The average molecular weight is 284 g/mol. The summed E-state index contributed by atoms with van der Waals surface area (Å²) in [5.74, 6) is -0.249. The summed E-state index contributed by atoms with van der Waals surface area (Å²) in [5, 5.41) is 2.59. The van der Waals surface area contributed by atoms with Crippen LogP contribution in [0.25, 0.3) is 0 Å². The van der Waals surface area contributed by atoms with Gasteiger partial charge in [0.1, 0.15) is 16.7 Å². The molecule has 0 spiro atoms. The third kappa shape index (κ3) is 3.12. The third-order valence-corrected chi connectivity index (χ3v) is 2.29. The average Bonchev–Trinajstić information content (AvgIpc) is 2.28. The number of anilines is 1. The zero-order chi connectivity index (χ0) is 13.1. The van der Waals surface area contributed by atoms with Crippen LogP contribution in [0.1, 0.15) is 16.2 Å². The standard InChI is InChI=1S/C10H7Cl2N5O/c1-5-3-14-6(4-13-5)9(18)16-8-2-7(11)15-10(12)17-8/h2-4H,1H3,(H,15,16,17,18). The number of carbonyl (C=O) groups excluding carboxylic acids is 1. The Morgan fingerprint density at radius 3 is 2.61 bits per heavy atom. The lowest BCUT2D eigenvalue weighted by Gasteiger charge is -2.04. The molecule has 0 fully saturated rings. The van der Waals surface area contributed by atoms with E-state index in [1.165, 1.54) is 18.5 Å². The van der Waals surface area contributed by atoms with Crippen molar-refractivity contribution in [2.75, 3.05) is 5.32 Å². The van der Waals surface area contributed by atoms with Crippen molar-refractivity contribution < 1.29 is 4.79 Å². The Labute approximate surface area is 112 Å². The van der Waals surface area contributed by atoms with Crippen LogP contribution >= 0.6 is 23.2 Å². The van der Waals surface area contributed by atoms with E-state index in [9.17, 15) is 4.79 Å². The molecule has 92 valence electrons. The summed E-state index contributed by atoms with van der Waals surface area (Å²) in [6, 6.07) is 1.38. The maximum Gasteiger partial charge on any atom is 0.277 e. The van der Waals surface area contributed by atoms with Crippen molar-refractivity contribution in [1.82, 2.24) is 19.9 Å². The van der Waals surface area contributed by atoms with Gasteiger partial charge < -0.3 is 5.32 Å². The van der Waals surface area contributed by atoms with E-state index in [1.807, 2.05) is 0 Å². The van der Waals surface area contributed by atoms with E-state index in [0.29, 0.717) is 0 Å². The van der Waals surface area contributed by atoms with Gasteiger partial charge in [-0.3, -0.25) is 9.78 Å². The molecule has 0 aliphatic rings. The molecule has 8 heteroatoms. The maximum absolute atomic E-state index is 11.8. The van der Waals surface area contributed by atoms with Gasteiger partial charge in [-0.15, -0.1) is 0 Å². The number of halogens is 2. The maximum atomic E-state index is 11.8. The number of carbonyl (C=O) groups is 1. The predicted molar refractivity (Wildman–Crippen MR) is 66.8 cm³/mol. The molecule has 0 aromatic carbocycles. The molecule has 0 bridgehead atoms. The highest BCUT2D eigenvalue weighted by Gasteiger charge is 2.10. The Morgan fingerprint density at radius 2 is 2.00 bits per heavy atom. The van der Waals surface area contributed by atoms with E-state index in [4.69, 9.17) is 23.2 Å². The molecular weight excluding hydrogens is 277 g/mol. The molecule has 0 aliphatic carbocycles. The quantitative estimate of drug-likeness (QED) is 0.675. The van der Waals surface area contributed by atoms with Gasteiger partial charge in [0.15, 0.2) is 0 Å². The molecule has 0 saturated heterocycles. The topological polar surface area (TPSA) is 80.7 Å². The Morgan fingerprint density at radius 1 is 1.22 bits per heavy atom. The van der Waals surface area contributed by atoms with Gasteiger partial charge in [0.2, 0.25) is 5.28 Å². The first kappa shape index (κ1) is 12.7. The number of hydrogen-bond donors (Lipinski definition) is 1. The molecule has 0 radical (unpaired) electrons. The van der Waals surface area contributed by atoms with E-state index in [1.54, 1.807) is 6.92 Å². The lowest BCUT2D eigenvalue weighted by atomic mass is 10.4. The summed E-state index contributed by atoms with van der Waals surface area (Å²) in [6.07, 6.45) is 2.86. The molecule has 18 heavy (non-hydrogen) atoms. The smallest absolute Gasteiger partial charge is 0.277 e. The fraction of sp³-hybridized carbons (Fsp3) is 0.100. The lowest BCUT2D eigenvalue weighted by molar-refractivity contribution is 0.102. The van der Waals surface area contributed by atoms with E-state index in [2.05, 4.69) is 25.3 Å². The van der Waals surface area contributed by atoms with Crippen LogP contribution in [0.2, 0.25) is 10.4 Å². The number of hydrogen-bond acceptors (Lipinski definition) is 5. The molecule has 0 aliphatic heterocycles. The van der Waals surface area contributed by atoms with Crippen LogP contribution in [0.5, 0.6) is 0 Å². The van der Waals surface area contributed by atoms with Crippen LogP contribution in [0.15, 0.2) is 18.5 Å². The molecule has 2 aromatic heterocycles. The number of rotatable bonds is 2. The molecule has 1 N–H and O–H groups in total. The highest BCUT2D eigenvalue weighted by Crippen LogP contribution is 2.14. The van der Waals surface area contributed by atoms with Crippen molar-refractivity contribution in [3.05, 3.63) is 40.3 Å². The van der Waals surface area contributed by atoms with Crippen LogP contribution < -0.4 is 5.32 Å². The first-order chi connectivity index (χ1) is 8.54. The fourth-order valence-corrected chi connectivity index (χ4v) is 1.55. The molecule has 0 atom stereocenters. The van der Waals surface area contributed by atoms with Crippen molar-refractivity contribution in [3.8, 4) is 0 Å². The Bertz CT molecular complexity index is 567. The third-order valence-electron chi connectivity index (χ3n) is 1.92. The van der Waals surface area contributed by atoms with Crippen LogP contribution in [0.4, 0.5) is 5.82 Å². The van der Waals surface area contributed by atoms with Crippen molar-refractivity contribution in [1.29, 1.82) is 0 Å². The molecule has 2 aromatic rings. The van der Waals surface area contributed by atoms with Crippen LogP contribution in [-0.2, 0) is 0 Å². The Hall–Kier alpha value is -1.79. The van der Waals surface area contributed by atoms with E-state index in [0.717, 1.165) is 5.69 Å². The molecule has 2 heterocycles. The number of aromatic nitrogens is 4. The second kappa shape index (κ2) is 5.24. The SMILES string of the molecule is Cc1cnc(C(=O)Nc2cc(Cl)nc(Cl)n2)cn1. The molecular formula is C10H7Cl2N5O. The lowest BCUT2D eigenvalue weighted by Crippen LogP contribution is -2.15. The van der Waals surface area contributed by atoms with Crippen molar-refractivity contribution in [2.24, 2.45) is 0 Å². The van der Waals surface area contributed by atoms with Crippen LogP contribution in [0.3, 0.4) is 0 Å². The normalized spacial score (nSPS) is 10.2. The van der Waals surface area contributed by atoms with E-state index < -0.39 is 5.91 Å². The number of aryl methyl sites for hydroxylation is 1. The van der Waals surface area contributed by atoms with Gasteiger partial charge in [-0.25, -0.2) is 15.0 Å². The summed E-state index contributed by atoms with van der Waals surface area (Å²) in [4.78, 5) is 27.2. The van der Waals surface area contributed by atoms with E-state index in [-0.39, 0.29) is 21.9 Å². The summed E-state index contributed by atoms with van der Waals surface area (Å²) in [5.41, 5.74) is 0.895. The first-order valence-electron chi connectivity index (χ1n) is 4.84. The van der Waals surface area contributed by atoms with Gasteiger partial charge >= 0.3 is 0 Å². The highest BCUT2D eigenvalue weighted by molar-refractivity contribution is 6.32. The molecule has 6 nitrogen and oxygen atoms in total. The van der Waals surface area contributed by atoms with Crippen molar-refractivity contribution in [3.63, 3.8) is 0 Å². The molecule has 2 rings (SSSR count). The number of amides is 1. The molecule has 0 saturated carbocycles. The molecule has 1 amide bonds. The van der Waals surface area contributed by atoms with Gasteiger partial charge in [-0.05, 0) is 18.5 Å². The number of nitrogens with zero attached hydrogens (tertiary/aromatic N) is 4. The first-order valence-corrected chi connectivity index (χ1v) is 5.60. The number of nitrogens with one attached hydrogen (secondary N) is 1. The summed E-state index contributed by atoms with van der Waals surface area (Å²) < 4.78 is 0. The van der Waals surface area contributed by atoms with Gasteiger partial charge in [-0.2, -0.15) is 0 Å². The van der Waals surface area contributed by atoms with Gasteiger partial charge in [0.25, 0.3) is 5.91 Å². The fourth-order valence-electron chi connectivity index (χ4n) is 1.14. The minimum absolute atomic E-state index is 0.0483. The largest absolute Gasteiger partial charge is 0.305 e. The Balaban J connectivity index is 2.18. The molecule has 0 unspecified atom stereocenters. The summed E-state index contributed by atoms with van der Waals surface area (Å²) >= 11 is 11.3. The van der Waals surface area contributed by atoms with Crippen molar-refractivity contribution >= 4 is 34.9 Å². The highest BCUT2D eigenvalue weighted by atomic mass is 35.5. The zero-order valence-electron chi connectivity index (χ0n) is 9.19. The minimum atomic E-state index is -0.451. The van der Waals surface area contributed by atoms with Crippen molar-refractivity contribution in [2.45, 2.75) is 6.92 Å². The van der Waals surface area contributed by atoms with Gasteiger partial charge in [0, 0.05) is 12.3 Å². The van der Waals surface area contributed by atoms with Crippen LogP contribution in [0, 0.1) is 6.92 Å². The summed E-state index contributed by atoms with van der Waals surface area (Å²) in [6.45, 7) is 1.78. The zero-order valence-corrected chi connectivity index (χ0v) is 10.7. The minimum Gasteiger partial charge on any atom is -0.305 e. The van der Waals surface area contributed by atoms with E-state index >= 15 is 0 Å². The van der Waals surface area contributed by atoms with Gasteiger partial charge in [0.05, 0.1) is 11.9 Å². The summed E-state index contributed by atoms with van der Waals surface area (Å²) in [7, 11) is 0. The Kier molecular flexibility index (Phi) is 3.69.